The topological polar surface area (TPSA) is 97.8 Å². The maximum absolute atomic E-state index is 12.7. The van der Waals surface area contributed by atoms with Gasteiger partial charge in [0.2, 0.25) is 22.7 Å². The van der Waals surface area contributed by atoms with E-state index >= 15 is 0 Å². The molecule has 166 valence electrons. The number of aromatic nitrogens is 1. The number of ether oxygens (including phenoxy) is 2. The van der Waals surface area contributed by atoms with E-state index in [1.54, 1.807) is 42.7 Å². The first-order chi connectivity index (χ1) is 15.4. The van der Waals surface area contributed by atoms with Gasteiger partial charge in [-0.15, -0.1) is 0 Å². The zero-order chi connectivity index (χ0) is 22.6. The molecule has 0 saturated heterocycles. The molecular formula is C23H23N3O5S. The number of hydrogen-bond donors (Lipinski definition) is 1. The van der Waals surface area contributed by atoms with Crippen LogP contribution in [0, 0.1) is 0 Å². The molecule has 2 aromatic carbocycles. The van der Waals surface area contributed by atoms with Crippen LogP contribution in [0.25, 0.3) is 0 Å². The van der Waals surface area contributed by atoms with E-state index < -0.39 is 15.9 Å². The van der Waals surface area contributed by atoms with Crippen molar-refractivity contribution in [2.75, 3.05) is 28.7 Å². The highest BCUT2D eigenvalue weighted by Gasteiger charge is 2.25. The number of benzene rings is 2. The predicted molar refractivity (Wildman–Crippen MR) is 121 cm³/mol. The van der Waals surface area contributed by atoms with Crippen LogP contribution < -0.4 is 19.1 Å². The van der Waals surface area contributed by atoms with Crippen molar-refractivity contribution < 1.29 is 22.7 Å². The number of amides is 1. The molecule has 1 aromatic heterocycles. The van der Waals surface area contributed by atoms with Crippen molar-refractivity contribution in [2.24, 2.45) is 0 Å². The monoisotopic (exact) mass is 453 g/mol. The Hall–Kier alpha value is -3.59. The number of carbonyl (C=O) groups is 1. The first-order valence-electron chi connectivity index (χ1n) is 10.1. The van der Waals surface area contributed by atoms with Gasteiger partial charge in [0.15, 0.2) is 11.5 Å². The fraction of sp³-hybridized carbons (Fsp3) is 0.217. The number of rotatable bonds is 8. The SMILES string of the molecule is CCS(=O)(=O)N(CC(=O)Nc1ccc(Cc2ccncc2)cc1)c1ccc2c(c1)OCO2. The molecule has 9 heteroatoms. The fourth-order valence-corrected chi connectivity index (χ4v) is 4.38. The van der Waals surface area contributed by atoms with Crippen LogP contribution in [0.2, 0.25) is 0 Å². The highest BCUT2D eigenvalue weighted by Crippen LogP contribution is 2.36. The highest BCUT2D eigenvalue weighted by molar-refractivity contribution is 7.92. The first-order valence-corrected chi connectivity index (χ1v) is 11.7. The van der Waals surface area contributed by atoms with Crippen LogP contribution in [-0.2, 0) is 21.2 Å². The van der Waals surface area contributed by atoms with E-state index in [9.17, 15) is 13.2 Å². The summed E-state index contributed by atoms with van der Waals surface area (Å²) in [5.74, 6) is 0.405. The minimum Gasteiger partial charge on any atom is -0.454 e. The zero-order valence-corrected chi connectivity index (χ0v) is 18.3. The number of nitrogens with zero attached hydrogens (tertiary/aromatic N) is 2. The minimum atomic E-state index is -3.69. The van der Waals surface area contributed by atoms with Gasteiger partial charge in [-0.1, -0.05) is 12.1 Å². The van der Waals surface area contributed by atoms with Crippen molar-refractivity contribution in [3.05, 3.63) is 78.1 Å². The lowest BCUT2D eigenvalue weighted by Gasteiger charge is -2.23. The summed E-state index contributed by atoms with van der Waals surface area (Å²) in [4.78, 5) is 16.7. The molecule has 0 fully saturated rings. The number of nitrogens with one attached hydrogen (secondary N) is 1. The Bertz CT molecular complexity index is 1200. The maximum Gasteiger partial charge on any atom is 0.245 e. The average Bonchev–Trinajstić information content (AvgIpc) is 3.27. The van der Waals surface area contributed by atoms with E-state index in [4.69, 9.17) is 9.47 Å². The zero-order valence-electron chi connectivity index (χ0n) is 17.5. The standard InChI is InChI=1S/C23H23N3O5S/c1-2-32(28,29)26(20-7-8-21-22(14-20)31-16-30-21)15-23(27)25-19-5-3-17(4-6-19)13-18-9-11-24-12-10-18/h3-12,14H,2,13,15-16H2,1H3,(H,25,27). The second-order valence-corrected chi connectivity index (χ2v) is 9.40. The van der Waals surface area contributed by atoms with Gasteiger partial charge in [0.1, 0.15) is 6.54 Å². The molecule has 1 aliphatic rings. The molecule has 0 saturated carbocycles. The smallest absolute Gasteiger partial charge is 0.245 e. The minimum absolute atomic E-state index is 0.0803. The molecule has 32 heavy (non-hydrogen) atoms. The van der Waals surface area contributed by atoms with Crippen molar-refractivity contribution in [1.82, 2.24) is 4.98 Å². The number of sulfonamides is 1. The third-order valence-electron chi connectivity index (χ3n) is 5.03. The fourth-order valence-electron chi connectivity index (χ4n) is 3.32. The molecule has 0 aliphatic carbocycles. The lowest BCUT2D eigenvalue weighted by molar-refractivity contribution is -0.114. The third kappa shape index (κ3) is 5.00. The van der Waals surface area contributed by atoms with Crippen LogP contribution in [0.15, 0.2) is 67.0 Å². The van der Waals surface area contributed by atoms with Gasteiger partial charge in [-0.2, -0.15) is 0 Å². The van der Waals surface area contributed by atoms with Gasteiger partial charge in [0, 0.05) is 24.1 Å². The summed E-state index contributed by atoms with van der Waals surface area (Å²) in [6.07, 6.45) is 4.25. The van der Waals surface area contributed by atoms with Gasteiger partial charge in [-0.3, -0.25) is 14.1 Å². The summed E-state index contributed by atoms with van der Waals surface area (Å²) in [7, 11) is -3.69. The quantitative estimate of drug-likeness (QED) is 0.563. The van der Waals surface area contributed by atoms with Crippen LogP contribution in [0.5, 0.6) is 11.5 Å². The number of anilines is 2. The Morgan fingerprint density at radius 2 is 1.69 bits per heavy atom. The Balaban J connectivity index is 1.45. The molecular weight excluding hydrogens is 430 g/mol. The maximum atomic E-state index is 12.7. The van der Waals surface area contributed by atoms with Gasteiger partial charge < -0.3 is 14.8 Å². The summed E-state index contributed by atoms with van der Waals surface area (Å²) in [6, 6.07) is 16.2. The van der Waals surface area contributed by atoms with Crippen molar-refractivity contribution in [2.45, 2.75) is 13.3 Å². The molecule has 3 aromatic rings. The summed E-state index contributed by atoms with van der Waals surface area (Å²) in [5, 5.41) is 2.77. The number of carbonyl (C=O) groups excluding carboxylic acids is 1. The summed E-state index contributed by atoms with van der Waals surface area (Å²) < 4.78 is 37.1. The van der Waals surface area contributed by atoms with Crippen LogP contribution in [0.4, 0.5) is 11.4 Å². The highest BCUT2D eigenvalue weighted by atomic mass is 32.2. The lowest BCUT2D eigenvalue weighted by Crippen LogP contribution is -2.39. The third-order valence-corrected chi connectivity index (χ3v) is 6.77. The molecule has 1 amide bonds. The molecule has 0 bridgehead atoms. The van der Waals surface area contributed by atoms with Crippen molar-refractivity contribution in [3.63, 3.8) is 0 Å². The number of pyridine rings is 1. The van der Waals surface area contributed by atoms with Gasteiger partial charge in [0.25, 0.3) is 0 Å². The number of hydrogen-bond acceptors (Lipinski definition) is 6. The normalized spacial score (nSPS) is 12.4. The van der Waals surface area contributed by atoms with Crippen molar-refractivity contribution >= 4 is 27.3 Å². The van der Waals surface area contributed by atoms with E-state index in [0.29, 0.717) is 22.9 Å². The molecule has 0 radical (unpaired) electrons. The van der Waals surface area contributed by atoms with E-state index in [1.165, 1.54) is 6.92 Å². The van der Waals surface area contributed by atoms with Crippen LogP contribution in [-0.4, -0.2) is 38.4 Å². The first kappa shape index (κ1) is 21.6. The Labute approximate surface area is 186 Å². The molecule has 0 unspecified atom stereocenters. The van der Waals surface area contributed by atoms with Gasteiger partial charge in [0.05, 0.1) is 11.4 Å². The number of fused-ring (bicyclic) bond motifs is 1. The van der Waals surface area contributed by atoms with Gasteiger partial charge in [-0.25, -0.2) is 8.42 Å². The summed E-state index contributed by atoms with van der Waals surface area (Å²) in [6.45, 7) is 1.26. The molecule has 1 N–H and O–H groups in total. The second-order valence-electron chi connectivity index (χ2n) is 7.22. The van der Waals surface area contributed by atoms with Crippen molar-refractivity contribution in [3.8, 4) is 11.5 Å². The van der Waals surface area contributed by atoms with E-state index in [1.807, 2.05) is 24.3 Å². The van der Waals surface area contributed by atoms with E-state index in [-0.39, 0.29) is 19.1 Å². The summed E-state index contributed by atoms with van der Waals surface area (Å²) in [5.41, 5.74) is 3.16. The molecule has 4 rings (SSSR count). The van der Waals surface area contributed by atoms with Gasteiger partial charge in [-0.05, 0) is 60.9 Å². The molecule has 0 spiro atoms. The van der Waals surface area contributed by atoms with Gasteiger partial charge >= 0.3 is 0 Å². The molecule has 0 atom stereocenters. The Morgan fingerprint density at radius 3 is 2.41 bits per heavy atom. The van der Waals surface area contributed by atoms with Crippen molar-refractivity contribution in [1.29, 1.82) is 0 Å². The van der Waals surface area contributed by atoms with Crippen LogP contribution >= 0.6 is 0 Å². The van der Waals surface area contributed by atoms with Crippen LogP contribution in [0.3, 0.4) is 0 Å². The average molecular weight is 454 g/mol. The molecule has 8 nitrogen and oxygen atoms in total. The van der Waals surface area contributed by atoms with E-state index in [0.717, 1.165) is 21.9 Å². The lowest BCUT2D eigenvalue weighted by atomic mass is 10.1. The molecule has 1 aliphatic heterocycles. The summed E-state index contributed by atoms with van der Waals surface area (Å²) >= 11 is 0. The molecule has 2 heterocycles. The van der Waals surface area contributed by atoms with Crippen LogP contribution in [0.1, 0.15) is 18.1 Å². The van der Waals surface area contributed by atoms with E-state index in [2.05, 4.69) is 10.3 Å². The Morgan fingerprint density at radius 1 is 1.00 bits per heavy atom. The second kappa shape index (κ2) is 9.27. The predicted octanol–water partition coefficient (Wildman–Crippen LogP) is 3.20. The largest absolute Gasteiger partial charge is 0.454 e. The Kier molecular flexibility index (Phi) is 6.27.